The molecule has 4 aromatic rings. The van der Waals surface area contributed by atoms with Crippen LogP contribution >= 0.6 is 0 Å². The van der Waals surface area contributed by atoms with Crippen LogP contribution in [0.25, 0.3) is 21.9 Å². The van der Waals surface area contributed by atoms with E-state index in [-0.39, 0.29) is 5.91 Å². The van der Waals surface area contributed by atoms with Crippen molar-refractivity contribution in [3.63, 3.8) is 0 Å². The number of rotatable bonds is 6. The smallest absolute Gasteiger partial charge is 0.363 e. The summed E-state index contributed by atoms with van der Waals surface area (Å²) in [4.78, 5) is 19.2. The number of anilines is 1. The number of amides is 1. The summed E-state index contributed by atoms with van der Waals surface area (Å²) >= 11 is 0. The molecular formula is C27H24F3N3O. The minimum absolute atomic E-state index is 0.189. The van der Waals surface area contributed by atoms with Crippen molar-refractivity contribution in [2.75, 3.05) is 25.5 Å². The van der Waals surface area contributed by atoms with Gasteiger partial charge in [-0.05, 0) is 58.3 Å². The summed E-state index contributed by atoms with van der Waals surface area (Å²) in [6.07, 6.45) is -3.76. The van der Waals surface area contributed by atoms with E-state index in [4.69, 9.17) is 0 Å². The first-order chi connectivity index (χ1) is 16.2. The number of carbonyl (C=O) groups is 1. The summed E-state index contributed by atoms with van der Waals surface area (Å²) in [5.74, 6) is 0.674. The van der Waals surface area contributed by atoms with Crippen LogP contribution in [0.5, 0.6) is 0 Å². The van der Waals surface area contributed by atoms with Gasteiger partial charge in [0, 0.05) is 38.3 Å². The third-order valence-electron chi connectivity index (χ3n) is 5.58. The quantitative estimate of drug-likeness (QED) is 0.384. The van der Waals surface area contributed by atoms with Crippen LogP contribution in [0.2, 0.25) is 0 Å². The Morgan fingerprint density at radius 3 is 2.38 bits per heavy atom. The Morgan fingerprint density at radius 1 is 0.941 bits per heavy atom. The minimum atomic E-state index is -4.37. The van der Waals surface area contributed by atoms with Crippen molar-refractivity contribution in [2.24, 2.45) is 0 Å². The number of halogens is 3. The molecule has 1 heterocycles. The van der Waals surface area contributed by atoms with E-state index in [2.05, 4.69) is 10.3 Å². The topological polar surface area (TPSA) is 45.2 Å². The molecule has 1 N–H and O–H groups in total. The molecule has 1 amide bonds. The molecule has 34 heavy (non-hydrogen) atoms. The molecule has 0 radical (unpaired) electrons. The summed E-state index contributed by atoms with van der Waals surface area (Å²) in [7, 11) is 3.85. The van der Waals surface area contributed by atoms with E-state index in [1.807, 2.05) is 61.5 Å². The first-order valence-electron chi connectivity index (χ1n) is 10.8. The van der Waals surface area contributed by atoms with Crippen LogP contribution < -0.4 is 10.2 Å². The predicted molar refractivity (Wildman–Crippen MR) is 129 cm³/mol. The molecule has 7 heteroatoms. The minimum Gasteiger partial charge on any atom is -0.363 e. The Morgan fingerprint density at radius 2 is 1.68 bits per heavy atom. The average molecular weight is 464 g/mol. The number of nitrogens with zero attached hydrogens (tertiary/aromatic N) is 2. The second-order valence-corrected chi connectivity index (χ2v) is 8.20. The third kappa shape index (κ3) is 5.20. The lowest BCUT2D eigenvalue weighted by atomic mass is 9.96. The number of pyridine rings is 1. The highest BCUT2D eigenvalue weighted by molar-refractivity contribution is 6.02. The van der Waals surface area contributed by atoms with Gasteiger partial charge < -0.3 is 10.2 Å². The Balaban J connectivity index is 1.48. The molecule has 1 aromatic heterocycles. The van der Waals surface area contributed by atoms with Gasteiger partial charge in [-0.3, -0.25) is 4.79 Å². The van der Waals surface area contributed by atoms with E-state index in [1.54, 1.807) is 12.1 Å². The number of hydrogen-bond donors (Lipinski definition) is 1. The van der Waals surface area contributed by atoms with Crippen molar-refractivity contribution in [1.82, 2.24) is 10.3 Å². The van der Waals surface area contributed by atoms with Gasteiger partial charge in [0.05, 0.1) is 5.56 Å². The third-order valence-corrected chi connectivity index (χ3v) is 5.58. The van der Waals surface area contributed by atoms with Crippen molar-refractivity contribution < 1.29 is 18.0 Å². The van der Waals surface area contributed by atoms with Crippen molar-refractivity contribution in [3.8, 4) is 11.1 Å². The van der Waals surface area contributed by atoms with Crippen molar-refractivity contribution in [1.29, 1.82) is 0 Å². The molecule has 0 saturated carbocycles. The van der Waals surface area contributed by atoms with Crippen molar-refractivity contribution in [3.05, 3.63) is 95.7 Å². The number of aromatic nitrogens is 1. The fourth-order valence-electron chi connectivity index (χ4n) is 3.78. The molecule has 4 nitrogen and oxygen atoms in total. The second-order valence-electron chi connectivity index (χ2n) is 8.20. The first kappa shape index (κ1) is 23.3. The standard InChI is InChI=1S/C27H24F3N3O/c1-33(2)25-8-4-6-22(32-25)15-16-31-26(34)20-11-14-24-19(17-20)5-3-7-23(24)18-9-12-21(13-10-18)27(28,29)30/h3-14,17H,15-16H2,1-2H3,(H,31,34). The van der Waals surface area contributed by atoms with Crippen LogP contribution in [0.15, 0.2) is 78.9 Å². The van der Waals surface area contributed by atoms with Gasteiger partial charge in [-0.25, -0.2) is 4.98 Å². The molecule has 0 saturated heterocycles. The largest absolute Gasteiger partial charge is 0.416 e. The van der Waals surface area contributed by atoms with Crippen LogP contribution in [-0.4, -0.2) is 31.5 Å². The summed E-state index contributed by atoms with van der Waals surface area (Å²) in [6, 6.07) is 21.8. The van der Waals surface area contributed by atoms with Gasteiger partial charge in [-0.15, -0.1) is 0 Å². The zero-order valence-electron chi connectivity index (χ0n) is 18.9. The lowest BCUT2D eigenvalue weighted by molar-refractivity contribution is -0.137. The van der Waals surface area contributed by atoms with Gasteiger partial charge >= 0.3 is 6.18 Å². The van der Waals surface area contributed by atoms with E-state index in [9.17, 15) is 18.0 Å². The Kier molecular flexibility index (Phi) is 6.54. The van der Waals surface area contributed by atoms with Crippen LogP contribution in [0.4, 0.5) is 19.0 Å². The molecule has 0 unspecified atom stereocenters. The molecular weight excluding hydrogens is 439 g/mol. The van der Waals surface area contributed by atoms with E-state index in [0.717, 1.165) is 40.0 Å². The lowest BCUT2D eigenvalue weighted by Crippen LogP contribution is -2.26. The monoisotopic (exact) mass is 463 g/mol. The molecule has 0 bridgehead atoms. The SMILES string of the molecule is CN(C)c1cccc(CCNC(=O)c2ccc3c(-c4ccc(C(F)(F)F)cc4)cccc3c2)n1. The highest BCUT2D eigenvalue weighted by Gasteiger charge is 2.30. The molecule has 3 aromatic carbocycles. The summed E-state index contributed by atoms with van der Waals surface area (Å²) in [6.45, 7) is 0.451. The summed E-state index contributed by atoms with van der Waals surface area (Å²) in [5, 5.41) is 4.63. The normalized spacial score (nSPS) is 11.4. The van der Waals surface area contributed by atoms with Gasteiger partial charge in [0.25, 0.3) is 5.91 Å². The van der Waals surface area contributed by atoms with Crippen molar-refractivity contribution >= 4 is 22.5 Å². The number of alkyl halides is 3. The average Bonchev–Trinajstić information content (AvgIpc) is 2.83. The van der Waals surface area contributed by atoms with Gasteiger partial charge in [0.1, 0.15) is 5.82 Å². The summed E-state index contributed by atoms with van der Waals surface area (Å²) < 4.78 is 38.7. The fourth-order valence-corrected chi connectivity index (χ4v) is 3.78. The molecule has 0 fully saturated rings. The van der Waals surface area contributed by atoms with Crippen LogP contribution in [-0.2, 0) is 12.6 Å². The highest BCUT2D eigenvalue weighted by atomic mass is 19.4. The Labute approximate surface area is 196 Å². The second kappa shape index (κ2) is 9.55. The number of hydrogen-bond acceptors (Lipinski definition) is 3. The first-order valence-corrected chi connectivity index (χ1v) is 10.8. The van der Waals surface area contributed by atoms with Crippen LogP contribution in [0.3, 0.4) is 0 Å². The van der Waals surface area contributed by atoms with E-state index >= 15 is 0 Å². The predicted octanol–water partition coefficient (Wildman–Crippen LogP) is 5.96. The number of benzene rings is 3. The van der Waals surface area contributed by atoms with Gasteiger partial charge in [0.15, 0.2) is 0 Å². The summed E-state index contributed by atoms with van der Waals surface area (Å²) in [5.41, 5.74) is 2.23. The van der Waals surface area contributed by atoms with Crippen molar-refractivity contribution in [2.45, 2.75) is 12.6 Å². The Bertz CT molecular complexity index is 1320. The molecule has 174 valence electrons. The van der Waals surface area contributed by atoms with E-state index in [0.29, 0.717) is 24.1 Å². The lowest BCUT2D eigenvalue weighted by Gasteiger charge is -2.13. The van der Waals surface area contributed by atoms with Crippen LogP contribution in [0.1, 0.15) is 21.6 Å². The van der Waals surface area contributed by atoms with Crippen LogP contribution in [0, 0.1) is 0 Å². The molecule has 0 aliphatic heterocycles. The van der Waals surface area contributed by atoms with Gasteiger partial charge in [-0.1, -0.05) is 42.5 Å². The van der Waals surface area contributed by atoms with E-state index in [1.165, 1.54) is 12.1 Å². The van der Waals surface area contributed by atoms with Gasteiger partial charge in [0.2, 0.25) is 0 Å². The maximum atomic E-state index is 12.9. The van der Waals surface area contributed by atoms with E-state index < -0.39 is 11.7 Å². The number of carbonyl (C=O) groups excluding carboxylic acids is 1. The zero-order chi connectivity index (χ0) is 24.3. The Hall–Kier alpha value is -3.87. The van der Waals surface area contributed by atoms with Gasteiger partial charge in [-0.2, -0.15) is 13.2 Å². The molecule has 0 aliphatic carbocycles. The fraction of sp³-hybridized carbons (Fsp3) is 0.185. The highest BCUT2D eigenvalue weighted by Crippen LogP contribution is 2.33. The maximum absolute atomic E-state index is 12.9. The molecule has 0 spiro atoms. The number of fused-ring (bicyclic) bond motifs is 1. The molecule has 4 rings (SSSR count). The zero-order valence-corrected chi connectivity index (χ0v) is 18.9. The molecule has 0 atom stereocenters. The number of nitrogens with one attached hydrogen (secondary N) is 1. The maximum Gasteiger partial charge on any atom is 0.416 e. The molecule has 0 aliphatic rings.